The second kappa shape index (κ2) is 8.09. The molecule has 1 aliphatic rings. The summed E-state index contributed by atoms with van der Waals surface area (Å²) in [6.07, 6.45) is 0. The molecule has 0 unspecified atom stereocenters. The number of benzene rings is 2. The van der Waals surface area contributed by atoms with Crippen LogP contribution in [0.2, 0.25) is 0 Å². The SMILES string of the molecule is CN=NNc1cc2c3c(cc(NN=NC)cc3c1)C(=O)N(CCN(C)C)C2=O. The van der Waals surface area contributed by atoms with Gasteiger partial charge in [0.15, 0.2) is 0 Å². The summed E-state index contributed by atoms with van der Waals surface area (Å²) in [6, 6.07) is 7.00. The topological polar surface area (TPSA) is 114 Å². The van der Waals surface area contributed by atoms with Crippen molar-refractivity contribution in [2.75, 3.05) is 52.1 Å². The van der Waals surface area contributed by atoms with Crippen LogP contribution in [0.25, 0.3) is 10.8 Å². The number of hydrogen-bond donors (Lipinski definition) is 2. The summed E-state index contributed by atoms with van der Waals surface area (Å²) in [5, 5.41) is 16.2. The molecule has 10 heteroatoms. The smallest absolute Gasteiger partial charge is 0.261 e. The maximum absolute atomic E-state index is 13.1. The molecule has 2 aromatic rings. The van der Waals surface area contributed by atoms with E-state index in [2.05, 4.69) is 31.5 Å². The Labute approximate surface area is 162 Å². The van der Waals surface area contributed by atoms with Crippen molar-refractivity contribution in [1.82, 2.24) is 9.80 Å². The number of anilines is 2. The summed E-state index contributed by atoms with van der Waals surface area (Å²) < 4.78 is 0. The zero-order chi connectivity index (χ0) is 20.3. The van der Waals surface area contributed by atoms with Gasteiger partial charge in [-0.2, -0.15) is 10.2 Å². The van der Waals surface area contributed by atoms with Crippen LogP contribution in [-0.4, -0.2) is 62.9 Å². The summed E-state index contributed by atoms with van der Waals surface area (Å²) in [6.45, 7) is 0.865. The fraction of sp³-hybridized carbons (Fsp3) is 0.333. The summed E-state index contributed by atoms with van der Waals surface area (Å²) in [5.41, 5.74) is 7.69. The van der Waals surface area contributed by atoms with E-state index >= 15 is 0 Å². The fourth-order valence-corrected chi connectivity index (χ4v) is 3.08. The number of carbonyl (C=O) groups excluding carboxylic acids is 2. The average molecular weight is 382 g/mol. The van der Waals surface area contributed by atoms with Gasteiger partial charge < -0.3 is 4.90 Å². The van der Waals surface area contributed by atoms with Crippen LogP contribution in [0.1, 0.15) is 20.7 Å². The summed E-state index contributed by atoms with van der Waals surface area (Å²) in [4.78, 5) is 29.3. The van der Waals surface area contributed by atoms with Crippen molar-refractivity contribution in [3.63, 3.8) is 0 Å². The number of likely N-dealkylation sites (N-methyl/N-ethyl adjacent to an activating group) is 1. The molecular formula is C18H22N8O2. The summed E-state index contributed by atoms with van der Waals surface area (Å²) >= 11 is 0. The number of hydrogen-bond acceptors (Lipinski definition) is 7. The lowest BCUT2D eigenvalue weighted by Gasteiger charge is -2.28. The van der Waals surface area contributed by atoms with E-state index in [-0.39, 0.29) is 11.8 Å². The first-order valence-corrected chi connectivity index (χ1v) is 8.68. The van der Waals surface area contributed by atoms with Gasteiger partial charge in [-0.1, -0.05) is 10.4 Å². The Morgan fingerprint density at radius 2 is 1.39 bits per heavy atom. The minimum atomic E-state index is -0.324. The first-order valence-electron chi connectivity index (χ1n) is 8.68. The molecule has 0 atom stereocenters. The van der Waals surface area contributed by atoms with Gasteiger partial charge in [0, 0.05) is 18.5 Å². The van der Waals surface area contributed by atoms with E-state index in [4.69, 9.17) is 0 Å². The van der Waals surface area contributed by atoms with Crippen LogP contribution in [0, 0.1) is 0 Å². The Balaban J connectivity index is 2.18. The highest BCUT2D eigenvalue weighted by Gasteiger charge is 2.33. The number of imide groups is 1. The van der Waals surface area contributed by atoms with Crippen LogP contribution in [0.3, 0.4) is 0 Å². The van der Waals surface area contributed by atoms with Crippen LogP contribution in [0.5, 0.6) is 0 Å². The first kappa shape index (κ1) is 19.4. The Bertz CT molecular complexity index is 914. The summed E-state index contributed by atoms with van der Waals surface area (Å²) in [7, 11) is 6.87. The van der Waals surface area contributed by atoms with E-state index in [1.54, 1.807) is 38.4 Å². The number of carbonyl (C=O) groups is 2. The Morgan fingerprint density at radius 3 is 1.82 bits per heavy atom. The minimum Gasteiger partial charge on any atom is -0.308 e. The summed E-state index contributed by atoms with van der Waals surface area (Å²) in [5.74, 6) is -0.647. The van der Waals surface area contributed by atoms with E-state index in [1.807, 2.05) is 19.0 Å². The lowest BCUT2D eigenvalue weighted by molar-refractivity contribution is 0.0601. The number of rotatable bonds is 7. The normalized spacial score (nSPS) is 14.1. The van der Waals surface area contributed by atoms with Crippen molar-refractivity contribution in [3.8, 4) is 0 Å². The molecule has 0 bridgehead atoms. The van der Waals surface area contributed by atoms with Gasteiger partial charge in [-0.3, -0.25) is 25.3 Å². The Morgan fingerprint density at radius 1 is 0.893 bits per heavy atom. The predicted molar refractivity (Wildman–Crippen MR) is 107 cm³/mol. The number of nitrogens with one attached hydrogen (secondary N) is 2. The molecule has 0 saturated carbocycles. The third-order valence-electron chi connectivity index (χ3n) is 4.33. The van der Waals surface area contributed by atoms with Crippen molar-refractivity contribution in [1.29, 1.82) is 0 Å². The van der Waals surface area contributed by atoms with Gasteiger partial charge in [-0.25, -0.2) is 0 Å². The molecule has 0 radical (unpaired) electrons. The molecule has 1 heterocycles. The highest BCUT2D eigenvalue weighted by molar-refractivity contribution is 6.26. The standard InChI is InChI=1S/C18H22N8O2/c1-19-23-21-12-7-11-8-13(22-24-20-2)10-15-16(11)14(9-12)17(27)26(18(15)28)6-5-25(3)4/h7-10H,5-6H2,1-4H3,(H,19,21)(H,20,22). The van der Waals surface area contributed by atoms with E-state index < -0.39 is 0 Å². The molecule has 2 amide bonds. The first-order chi connectivity index (χ1) is 13.5. The van der Waals surface area contributed by atoms with E-state index in [0.717, 1.165) is 0 Å². The van der Waals surface area contributed by atoms with Crippen molar-refractivity contribution < 1.29 is 9.59 Å². The second-order valence-corrected chi connectivity index (χ2v) is 6.53. The van der Waals surface area contributed by atoms with Crippen molar-refractivity contribution in [2.24, 2.45) is 20.7 Å². The molecule has 0 spiro atoms. The van der Waals surface area contributed by atoms with Gasteiger partial charge in [-0.15, -0.1) is 0 Å². The predicted octanol–water partition coefficient (Wildman–Crippen LogP) is 2.82. The average Bonchev–Trinajstić information content (AvgIpc) is 2.67. The molecule has 146 valence electrons. The van der Waals surface area contributed by atoms with Crippen molar-refractivity contribution in [3.05, 3.63) is 35.4 Å². The highest BCUT2D eigenvalue weighted by Crippen LogP contribution is 2.35. The van der Waals surface area contributed by atoms with E-state index in [0.29, 0.717) is 46.4 Å². The van der Waals surface area contributed by atoms with Crippen LogP contribution >= 0.6 is 0 Å². The highest BCUT2D eigenvalue weighted by atomic mass is 16.2. The van der Waals surface area contributed by atoms with Gasteiger partial charge in [0.2, 0.25) is 0 Å². The molecular weight excluding hydrogens is 360 g/mol. The molecule has 1 aliphatic heterocycles. The maximum atomic E-state index is 13.1. The van der Waals surface area contributed by atoms with Crippen LogP contribution in [0.4, 0.5) is 11.4 Å². The molecule has 0 fully saturated rings. The van der Waals surface area contributed by atoms with Crippen molar-refractivity contribution >= 4 is 34.0 Å². The fourth-order valence-electron chi connectivity index (χ4n) is 3.08. The molecule has 2 aromatic carbocycles. The number of amides is 2. The molecule has 0 aromatic heterocycles. The molecule has 2 N–H and O–H groups in total. The third-order valence-corrected chi connectivity index (χ3v) is 4.33. The minimum absolute atomic E-state index is 0.296. The number of nitrogens with zero attached hydrogens (tertiary/aromatic N) is 6. The van der Waals surface area contributed by atoms with Gasteiger partial charge in [0.25, 0.3) is 11.8 Å². The van der Waals surface area contributed by atoms with Crippen LogP contribution in [-0.2, 0) is 0 Å². The molecule has 3 rings (SSSR count). The monoisotopic (exact) mass is 382 g/mol. The van der Waals surface area contributed by atoms with Crippen molar-refractivity contribution in [2.45, 2.75) is 0 Å². The van der Waals surface area contributed by atoms with Gasteiger partial charge in [0.1, 0.15) is 0 Å². The Kier molecular flexibility index (Phi) is 5.59. The van der Waals surface area contributed by atoms with Gasteiger partial charge >= 0.3 is 0 Å². The second-order valence-electron chi connectivity index (χ2n) is 6.53. The maximum Gasteiger partial charge on any atom is 0.261 e. The molecule has 28 heavy (non-hydrogen) atoms. The quantitative estimate of drug-likeness (QED) is 0.434. The molecule has 10 nitrogen and oxygen atoms in total. The van der Waals surface area contributed by atoms with E-state index in [9.17, 15) is 9.59 Å². The lowest BCUT2D eigenvalue weighted by atomic mass is 9.92. The van der Waals surface area contributed by atoms with E-state index in [1.165, 1.54) is 4.90 Å². The van der Waals surface area contributed by atoms with Crippen LogP contribution in [0.15, 0.2) is 44.9 Å². The zero-order valence-electron chi connectivity index (χ0n) is 16.2. The largest absolute Gasteiger partial charge is 0.308 e. The zero-order valence-corrected chi connectivity index (χ0v) is 16.2. The third kappa shape index (κ3) is 3.67. The van der Waals surface area contributed by atoms with Gasteiger partial charge in [-0.05, 0) is 43.7 Å². The Hall–Kier alpha value is -3.40. The van der Waals surface area contributed by atoms with Gasteiger partial charge in [0.05, 0.1) is 36.6 Å². The lowest BCUT2D eigenvalue weighted by Crippen LogP contribution is -2.43. The molecule has 0 aliphatic carbocycles. The molecule has 0 saturated heterocycles. The van der Waals surface area contributed by atoms with Crippen LogP contribution < -0.4 is 10.9 Å².